The van der Waals surface area contributed by atoms with E-state index in [2.05, 4.69) is 53.4 Å². The van der Waals surface area contributed by atoms with Crippen LogP contribution in [0.3, 0.4) is 0 Å². The highest BCUT2D eigenvalue weighted by atomic mass is 79.9. The topological polar surface area (TPSA) is 20.2 Å². The van der Waals surface area contributed by atoms with Crippen molar-refractivity contribution in [1.29, 1.82) is 0 Å². The van der Waals surface area contributed by atoms with Gasteiger partial charge in [-0.05, 0) is 27.6 Å². The Morgan fingerprint density at radius 3 is 2.50 bits per heavy atom. The van der Waals surface area contributed by atoms with Crippen molar-refractivity contribution in [3.8, 4) is 0 Å². The van der Waals surface area contributed by atoms with Crippen LogP contribution in [0.4, 0.5) is 0 Å². The van der Waals surface area contributed by atoms with Crippen molar-refractivity contribution in [3.63, 3.8) is 0 Å². The Morgan fingerprint density at radius 1 is 1.28 bits per heavy atom. The fourth-order valence-electron chi connectivity index (χ4n) is 1.97. The maximum atomic E-state index is 10.5. The number of halogens is 1. The third-order valence-corrected chi connectivity index (χ3v) is 5.09. The summed E-state index contributed by atoms with van der Waals surface area (Å²) < 4.78 is 1.09. The van der Waals surface area contributed by atoms with Gasteiger partial charge < -0.3 is 5.11 Å². The predicted octanol–water partition coefficient (Wildman–Crippen LogP) is 4.39. The second kappa shape index (κ2) is 5.55. The van der Waals surface area contributed by atoms with Crippen LogP contribution in [-0.2, 0) is 11.8 Å². The van der Waals surface area contributed by atoms with Gasteiger partial charge in [0.1, 0.15) is 0 Å². The van der Waals surface area contributed by atoms with Gasteiger partial charge in [0, 0.05) is 26.6 Å². The molecule has 2 aromatic rings. The van der Waals surface area contributed by atoms with Crippen LogP contribution in [0.1, 0.15) is 24.3 Å². The highest BCUT2D eigenvalue weighted by Gasteiger charge is 2.29. The van der Waals surface area contributed by atoms with Crippen LogP contribution in [-0.4, -0.2) is 11.2 Å². The summed E-state index contributed by atoms with van der Waals surface area (Å²) in [5, 5.41) is 12.5. The molecule has 0 spiro atoms. The zero-order chi connectivity index (χ0) is 13.2. The number of thiophene rings is 1. The summed E-state index contributed by atoms with van der Waals surface area (Å²) in [5.41, 5.74) is 0.936. The van der Waals surface area contributed by atoms with Crippen LogP contribution < -0.4 is 0 Å². The van der Waals surface area contributed by atoms with E-state index in [-0.39, 0.29) is 11.5 Å². The zero-order valence-electron chi connectivity index (χ0n) is 10.6. The van der Waals surface area contributed by atoms with Crippen molar-refractivity contribution < 1.29 is 5.11 Å². The molecular formula is C15H17BrOS. The molecule has 0 bridgehead atoms. The van der Waals surface area contributed by atoms with Crippen LogP contribution in [0, 0.1) is 0 Å². The summed E-state index contributed by atoms with van der Waals surface area (Å²) in [4.78, 5) is 1.21. The van der Waals surface area contributed by atoms with Gasteiger partial charge in [-0.3, -0.25) is 0 Å². The van der Waals surface area contributed by atoms with E-state index < -0.39 is 0 Å². The number of hydrogen-bond acceptors (Lipinski definition) is 2. The van der Waals surface area contributed by atoms with Gasteiger partial charge in [0.05, 0.1) is 6.10 Å². The molecule has 3 heteroatoms. The molecular weight excluding hydrogens is 308 g/mol. The van der Waals surface area contributed by atoms with Gasteiger partial charge in [0.25, 0.3) is 0 Å². The Kier molecular flexibility index (Phi) is 4.25. The highest BCUT2D eigenvalue weighted by molar-refractivity contribution is 9.10. The smallest absolute Gasteiger partial charge is 0.0679 e. The van der Waals surface area contributed by atoms with E-state index >= 15 is 0 Å². The molecule has 0 radical (unpaired) electrons. The lowest BCUT2D eigenvalue weighted by Crippen LogP contribution is -2.35. The predicted molar refractivity (Wildman–Crippen MR) is 81.2 cm³/mol. The van der Waals surface area contributed by atoms with Crippen molar-refractivity contribution in [1.82, 2.24) is 0 Å². The van der Waals surface area contributed by atoms with Crippen molar-refractivity contribution in [2.45, 2.75) is 31.8 Å². The molecule has 0 aliphatic heterocycles. The maximum absolute atomic E-state index is 10.5. The molecule has 1 aromatic heterocycles. The van der Waals surface area contributed by atoms with E-state index in [9.17, 15) is 5.11 Å². The molecule has 1 N–H and O–H groups in total. The SMILES string of the molecule is CC(C)(c1ccccc1)C(O)Cc1cc(Br)cs1. The van der Waals surface area contributed by atoms with Crippen molar-refractivity contribution >= 4 is 27.3 Å². The first-order valence-corrected chi connectivity index (χ1v) is 7.64. The molecule has 0 saturated heterocycles. The molecule has 96 valence electrons. The molecule has 1 heterocycles. The van der Waals surface area contributed by atoms with Crippen molar-refractivity contribution in [2.24, 2.45) is 0 Å². The van der Waals surface area contributed by atoms with Crippen LogP contribution in [0.25, 0.3) is 0 Å². The minimum Gasteiger partial charge on any atom is -0.392 e. The van der Waals surface area contributed by atoms with E-state index in [0.717, 1.165) is 4.47 Å². The van der Waals surface area contributed by atoms with Crippen LogP contribution in [0.15, 0.2) is 46.3 Å². The number of aliphatic hydroxyl groups excluding tert-OH is 1. The molecule has 1 aromatic carbocycles. The van der Waals surface area contributed by atoms with Gasteiger partial charge in [0.15, 0.2) is 0 Å². The summed E-state index contributed by atoms with van der Waals surface area (Å²) in [6, 6.07) is 12.3. The molecule has 1 nitrogen and oxygen atoms in total. The summed E-state index contributed by atoms with van der Waals surface area (Å²) in [6.07, 6.45) is 0.309. The first kappa shape index (κ1) is 13.8. The van der Waals surface area contributed by atoms with Gasteiger partial charge in [-0.2, -0.15) is 0 Å². The molecule has 0 fully saturated rings. The summed E-state index contributed by atoms with van der Waals surface area (Å²) in [7, 11) is 0. The number of rotatable bonds is 4. The third kappa shape index (κ3) is 3.02. The van der Waals surface area contributed by atoms with Crippen LogP contribution in [0.2, 0.25) is 0 Å². The normalized spacial score (nSPS) is 13.6. The van der Waals surface area contributed by atoms with Crippen LogP contribution >= 0.6 is 27.3 Å². The number of hydrogen-bond donors (Lipinski definition) is 1. The van der Waals surface area contributed by atoms with Crippen molar-refractivity contribution in [3.05, 3.63) is 56.7 Å². The average molecular weight is 325 g/mol. The second-order valence-electron chi connectivity index (χ2n) is 5.04. The van der Waals surface area contributed by atoms with E-state index in [4.69, 9.17) is 0 Å². The van der Waals surface area contributed by atoms with Crippen LogP contribution in [0.5, 0.6) is 0 Å². The lowest BCUT2D eigenvalue weighted by molar-refractivity contribution is 0.101. The standard InChI is InChI=1S/C15H17BrOS/c1-15(2,11-6-4-3-5-7-11)14(17)9-13-8-12(16)10-18-13/h3-8,10,14,17H,9H2,1-2H3. The Labute approximate surface area is 121 Å². The Bertz CT molecular complexity index is 504. The largest absolute Gasteiger partial charge is 0.392 e. The summed E-state index contributed by atoms with van der Waals surface area (Å²) in [5.74, 6) is 0. The minimum atomic E-state index is -0.384. The Balaban J connectivity index is 2.15. The van der Waals surface area contributed by atoms with E-state index in [1.807, 2.05) is 18.2 Å². The van der Waals surface area contributed by atoms with Crippen molar-refractivity contribution in [2.75, 3.05) is 0 Å². The third-order valence-electron chi connectivity index (χ3n) is 3.37. The van der Waals surface area contributed by atoms with Gasteiger partial charge in [-0.15, -0.1) is 11.3 Å². The van der Waals surface area contributed by atoms with Gasteiger partial charge >= 0.3 is 0 Å². The molecule has 0 amide bonds. The lowest BCUT2D eigenvalue weighted by Gasteiger charge is -2.31. The fraction of sp³-hybridized carbons (Fsp3) is 0.333. The van der Waals surface area contributed by atoms with Gasteiger partial charge in [-0.25, -0.2) is 0 Å². The number of benzene rings is 1. The minimum absolute atomic E-state index is 0.238. The second-order valence-corrected chi connectivity index (χ2v) is 6.95. The highest BCUT2D eigenvalue weighted by Crippen LogP contribution is 2.30. The fourth-order valence-corrected chi connectivity index (χ4v) is 3.46. The van der Waals surface area contributed by atoms with Gasteiger partial charge in [-0.1, -0.05) is 44.2 Å². The Morgan fingerprint density at radius 2 is 1.94 bits per heavy atom. The van der Waals surface area contributed by atoms with Gasteiger partial charge in [0.2, 0.25) is 0 Å². The summed E-state index contributed by atoms with van der Waals surface area (Å²) in [6.45, 7) is 4.19. The molecule has 18 heavy (non-hydrogen) atoms. The quantitative estimate of drug-likeness (QED) is 0.884. The average Bonchev–Trinajstić information content (AvgIpc) is 2.76. The van der Waals surface area contributed by atoms with E-state index in [1.54, 1.807) is 11.3 Å². The summed E-state index contributed by atoms with van der Waals surface area (Å²) >= 11 is 5.13. The molecule has 1 unspecified atom stereocenters. The number of aliphatic hydroxyl groups is 1. The monoisotopic (exact) mass is 324 g/mol. The molecule has 2 rings (SSSR count). The molecule has 0 saturated carbocycles. The zero-order valence-corrected chi connectivity index (χ0v) is 13.0. The van der Waals surface area contributed by atoms with E-state index in [0.29, 0.717) is 6.42 Å². The molecule has 0 aliphatic rings. The first-order chi connectivity index (χ1) is 8.50. The lowest BCUT2D eigenvalue weighted by atomic mass is 9.78. The molecule has 0 aliphatic carbocycles. The molecule has 1 atom stereocenters. The maximum Gasteiger partial charge on any atom is 0.0679 e. The first-order valence-electron chi connectivity index (χ1n) is 5.96. The van der Waals surface area contributed by atoms with E-state index in [1.165, 1.54) is 10.4 Å². The Hall–Kier alpha value is -0.640.